The summed E-state index contributed by atoms with van der Waals surface area (Å²) in [5.41, 5.74) is 5.93. The van der Waals surface area contributed by atoms with Crippen molar-refractivity contribution in [1.29, 1.82) is 0 Å². The molecule has 1 heterocycles. The largest absolute Gasteiger partial charge is 0.377 e. The third-order valence-corrected chi connectivity index (χ3v) is 3.89. The number of hydrogen-bond acceptors (Lipinski definition) is 3. The second kappa shape index (κ2) is 5.28. The van der Waals surface area contributed by atoms with Gasteiger partial charge < -0.3 is 10.5 Å². The van der Waals surface area contributed by atoms with E-state index in [1.54, 1.807) is 0 Å². The predicted octanol–water partition coefficient (Wildman–Crippen LogP) is 1.22. The van der Waals surface area contributed by atoms with Crippen molar-refractivity contribution in [2.75, 3.05) is 26.2 Å². The van der Waals surface area contributed by atoms with Crippen LogP contribution in [0.3, 0.4) is 0 Å². The molecule has 1 aliphatic heterocycles. The summed E-state index contributed by atoms with van der Waals surface area (Å²) in [5, 5.41) is 0. The van der Waals surface area contributed by atoms with Crippen LogP contribution in [0.1, 0.15) is 32.6 Å². The minimum atomic E-state index is 0.377. The van der Waals surface area contributed by atoms with Gasteiger partial charge in [0, 0.05) is 32.3 Å². The molecular formula is C12H24N2O. The molecule has 0 radical (unpaired) electrons. The van der Waals surface area contributed by atoms with Crippen LogP contribution < -0.4 is 5.73 Å². The normalized spacial score (nSPS) is 32.0. The molecule has 2 rings (SSSR count). The van der Waals surface area contributed by atoms with Crippen LogP contribution in [0.2, 0.25) is 0 Å². The maximum atomic E-state index is 5.93. The highest BCUT2D eigenvalue weighted by atomic mass is 16.5. The molecule has 15 heavy (non-hydrogen) atoms. The minimum Gasteiger partial charge on any atom is -0.377 e. The van der Waals surface area contributed by atoms with E-state index in [9.17, 15) is 0 Å². The lowest BCUT2D eigenvalue weighted by molar-refractivity contribution is 0.0452. The zero-order valence-corrected chi connectivity index (χ0v) is 9.82. The summed E-state index contributed by atoms with van der Waals surface area (Å²) in [6, 6.07) is 0.614. The van der Waals surface area contributed by atoms with E-state index in [1.807, 2.05) is 0 Å². The Kier molecular flexibility index (Phi) is 4.00. The Hall–Kier alpha value is -0.120. The Morgan fingerprint density at radius 1 is 1.40 bits per heavy atom. The Balaban J connectivity index is 1.92. The van der Waals surface area contributed by atoms with Crippen molar-refractivity contribution in [2.45, 2.75) is 44.8 Å². The lowest BCUT2D eigenvalue weighted by atomic mass is 9.79. The Morgan fingerprint density at radius 3 is 2.80 bits per heavy atom. The fourth-order valence-electron chi connectivity index (χ4n) is 2.79. The summed E-state index contributed by atoms with van der Waals surface area (Å²) >= 11 is 0. The molecule has 2 atom stereocenters. The number of rotatable bonds is 3. The van der Waals surface area contributed by atoms with Gasteiger partial charge in [-0.15, -0.1) is 0 Å². The van der Waals surface area contributed by atoms with E-state index < -0.39 is 0 Å². The van der Waals surface area contributed by atoms with Crippen molar-refractivity contribution in [1.82, 2.24) is 4.90 Å². The van der Waals surface area contributed by atoms with Crippen LogP contribution in [0.5, 0.6) is 0 Å². The van der Waals surface area contributed by atoms with Crippen LogP contribution in [0.4, 0.5) is 0 Å². The predicted molar refractivity (Wildman–Crippen MR) is 61.8 cm³/mol. The molecule has 88 valence electrons. The van der Waals surface area contributed by atoms with E-state index in [0.29, 0.717) is 12.1 Å². The molecular weight excluding hydrogens is 188 g/mol. The van der Waals surface area contributed by atoms with Gasteiger partial charge in [0.1, 0.15) is 0 Å². The molecule has 1 aliphatic carbocycles. The van der Waals surface area contributed by atoms with Crippen molar-refractivity contribution in [3.8, 4) is 0 Å². The third kappa shape index (κ3) is 2.71. The highest BCUT2D eigenvalue weighted by molar-refractivity contribution is 4.86. The second-order valence-electron chi connectivity index (χ2n) is 5.02. The van der Waals surface area contributed by atoms with Crippen LogP contribution in [-0.2, 0) is 4.74 Å². The number of nitrogens with two attached hydrogens (primary N) is 1. The highest BCUT2D eigenvalue weighted by Gasteiger charge is 2.31. The van der Waals surface area contributed by atoms with Gasteiger partial charge in [0.25, 0.3) is 0 Å². The van der Waals surface area contributed by atoms with Gasteiger partial charge in [0.2, 0.25) is 0 Å². The van der Waals surface area contributed by atoms with Crippen molar-refractivity contribution >= 4 is 0 Å². The average Bonchev–Trinajstić information content (AvgIpc) is 2.36. The van der Waals surface area contributed by atoms with E-state index in [1.165, 1.54) is 25.8 Å². The van der Waals surface area contributed by atoms with Gasteiger partial charge in [-0.1, -0.05) is 6.42 Å². The smallest absolute Gasteiger partial charge is 0.0674 e. The van der Waals surface area contributed by atoms with Crippen molar-refractivity contribution in [3.05, 3.63) is 0 Å². The zero-order chi connectivity index (χ0) is 10.7. The van der Waals surface area contributed by atoms with Crippen LogP contribution in [0, 0.1) is 5.92 Å². The summed E-state index contributed by atoms with van der Waals surface area (Å²) in [7, 11) is 0. The Bertz CT molecular complexity index is 194. The molecule has 0 bridgehead atoms. The van der Waals surface area contributed by atoms with Gasteiger partial charge in [-0.05, 0) is 32.1 Å². The second-order valence-corrected chi connectivity index (χ2v) is 5.02. The van der Waals surface area contributed by atoms with Crippen molar-refractivity contribution < 1.29 is 4.74 Å². The molecule has 0 spiro atoms. The Labute approximate surface area is 93.0 Å². The average molecular weight is 212 g/mol. The molecule has 0 amide bonds. The van der Waals surface area contributed by atoms with Crippen LogP contribution in [0.15, 0.2) is 0 Å². The van der Waals surface area contributed by atoms with Gasteiger partial charge in [-0.2, -0.15) is 0 Å². The first-order valence-corrected chi connectivity index (χ1v) is 6.37. The quantitative estimate of drug-likeness (QED) is 0.764. The minimum absolute atomic E-state index is 0.377. The molecule has 2 fully saturated rings. The molecule has 1 saturated heterocycles. The highest BCUT2D eigenvalue weighted by Crippen LogP contribution is 2.32. The lowest BCUT2D eigenvalue weighted by Crippen LogP contribution is -2.49. The van der Waals surface area contributed by atoms with E-state index in [0.717, 1.165) is 32.0 Å². The maximum Gasteiger partial charge on any atom is 0.0674 e. The van der Waals surface area contributed by atoms with Gasteiger partial charge in [0.15, 0.2) is 0 Å². The molecule has 2 N–H and O–H groups in total. The fraction of sp³-hybridized carbons (Fsp3) is 1.00. The monoisotopic (exact) mass is 212 g/mol. The van der Waals surface area contributed by atoms with E-state index in [4.69, 9.17) is 10.5 Å². The first-order chi connectivity index (χ1) is 7.31. The summed E-state index contributed by atoms with van der Waals surface area (Å²) in [6.07, 6.45) is 5.71. The fourth-order valence-corrected chi connectivity index (χ4v) is 2.79. The van der Waals surface area contributed by atoms with Crippen molar-refractivity contribution in [2.24, 2.45) is 11.7 Å². The summed E-state index contributed by atoms with van der Waals surface area (Å²) in [6.45, 7) is 6.14. The molecule has 2 unspecified atom stereocenters. The van der Waals surface area contributed by atoms with E-state index in [2.05, 4.69) is 11.8 Å². The lowest BCUT2D eigenvalue weighted by Gasteiger charge is -2.40. The number of ether oxygens (including phenoxy) is 1. The van der Waals surface area contributed by atoms with Crippen LogP contribution >= 0.6 is 0 Å². The maximum absolute atomic E-state index is 5.93. The molecule has 1 saturated carbocycles. The first-order valence-electron chi connectivity index (χ1n) is 6.37. The van der Waals surface area contributed by atoms with Crippen molar-refractivity contribution in [3.63, 3.8) is 0 Å². The van der Waals surface area contributed by atoms with Gasteiger partial charge in [-0.3, -0.25) is 4.90 Å². The zero-order valence-electron chi connectivity index (χ0n) is 9.82. The topological polar surface area (TPSA) is 38.5 Å². The molecule has 2 aliphatic rings. The summed E-state index contributed by atoms with van der Waals surface area (Å²) in [4.78, 5) is 2.57. The molecule has 0 aromatic rings. The Morgan fingerprint density at radius 2 is 2.20 bits per heavy atom. The summed E-state index contributed by atoms with van der Waals surface area (Å²) < 4.78 is 5.68. The first kappa shape index (κ1) is 11.4. The SMILES string of the molecule is CC1CN(C(CN)C2CCC2)CCCO1. The summed E-state index contributed by atoms with van der Waals surface area (Å²) in [5.74, 6) is 0.861. The van der Waals surface area contributed by atoms with Gasteiger partial charge >= 0.3 is 0 Å². The van der Waals surface area contributed by atoms with Gasteiger partial charge in [0.05, 0.1) is 6.10 Å². The van der Waals surface area contributed by atoms with Crippen LogP contribution in [-0.4, -0.2) is 43.3 Å². The number of nitrogens with zero attached hydrogens (tertiary/aromatic N) is 1. The molecule has 3 nitrogen and oxygen atoms in total. The molecule has 0 aromatic heterocycles. The van der Waals surface area contributed by atoms with E-state index >= 15 is 0 Å². The van der Waals surface area contributed by atoms with Gasteiger partial charge in [-0.25, -0.2) is 0 Å². The number of hydrogen-bond donors (Lipinski definition) is 1. The molecule has 3 heteroatoms. The molecule has 0 aromatic carbocycles. The standard InChI is InChI=1S/C12H24N2O/c1-10-9-14(6-3-7-15-10)12(8-13)11-4-2-5-11/h10-12H,2-9,13H2,1H3. The third-order valence-electron chi connectivity index (χ3n) is 3.89. The van der Waals surface area contributed by atoms with Crippen LogP contribution in [0.25, 0.3) is 0 Å². The van der Waals surface area contributed by atoms with E-state index in [-0.39, 0.29) is 0 Å².